The zero-order valence-electron chi connectivity index (χ0n) is 13.9. The minimum absolute atomic E-state index is 0.0173. The van der Waals surface area contributed by atoms with E-state index in [2.05, 4.69) is 5.32 Å². The number of esters is 1. The van der Waals surface area contributed by atoms with Crippen LogP contribution < -0.4 is 5.32 Å². The van der Waals surface area contributed by atoms with Gasteiger partial charge in [0.2, 0.25) is 0 Å². The summed E-state index contributed by atoms with van der Waals surface area (Å²) in [5, 5.41) is 13.7. The lowest BCUT2D eigenvalue weighted by Crippen LogP contribution is -2.28. The number of nitro benzene ring substituents is 1. The summed E-state index contributed by atoms with van der Waals surface area (Å²) in [4.78, 5) is 34.5. The van der Waals surface area contributed by atoms with Gasteiger partial charge in [0.15, 0.2) is 6.61 Å². The van der Waals surface area contributed by atoms with Gasteiger partial charge in [-0.05, 0) is 36.6 Å². The van der Waals surface area contributed by atoms with Crippen molar-refractivity contribution in [3.63, 3.8) is 0 Å². The highest BCUT2D eigenvalue weighted by Crippen LogP contribution is 2.49. The molecule has 0 unspecified atom stereocenters. The molecular weight excluding hydrogens is 395 g/mol. The molecule has 0 radical (unpaired) electrons. The number of nitrogens with zero attached hydrogens (tertiary/aromatic N) is 1. The van der Waals surface area contributed by atoms with E-state index in [0.717, 1.165) is 11.6 Å². The molecule has 1 aliphatic rings. The molecule has 1 N–H and O–H groups in total. The topological polar surface area (TPSA) is 98.5 Å². The van der Waals surface area contributed by atoms with Gasteiger partial charge in [-0.1, -0.05) is 35.3 Å². The van der Waals surface area contributed by atoms with E-state index in [9.17, 15) is 19.7 Å². The van der Waals surface area contributed by atoms with Crippen LogP contribution in [-0.4, -0.2) is 23.4 Å². The first kappa shape index (κ1) is 19.1. The van der Waals surface area contributed by atoms with Crippen molar-refractivity contribution in [2.45, 2.75) is 18.3 Å². The lowest BCUT2D eigenvalue weighted by atomic mass is 9.96. The number of anilines is 1. The van der Waals surface area contributed by atoms with Gasteiger partial charge in [-0.25, -0.2) is 0 Å². The number of carbonyl (C=O) groups excluding carboxylic acids is 2. The van der Waals surface area contributed by atoms with Gasteiger partial charge in [0.25, 0.3) is 11.6 Å². The van der Waals surface area contributed by atoms with Gasteiger partial charge >= 0.3 is 5.97 Å². The number of hydrogen-bond acceptors (Lipinski definition) is 5. The largest absolute Gasteiger partial charge is 0.455 e. The second-order valence-electron chi connectivity index (χ2n) is 6.13. The molecule has 1 saturated carbocycles. The third-order valence-electron chi connectivity index (χ3n) is 4.31. The minimum atomic E-state index is -0.726. The van der Waals surface area contributed by atoms with Crippen molar-refractivity contribution in [1.82, 2.24) is 0 Å². The standard InChI is InChI=1S/C18H14Cl2N2O5/c19-12-3-1-11(2-4-12)18(7-8-18)17(24)27-10-16(23)21-15-6-5-13(22(25)26)9-14(15)20/h1-6,9H,7-8,10H2,(H,21,23). The van der Waals surface area contributed by atoms with Crippen molar-refractivity contribution < 1.29 is 19.2 Å². The molecule has 0 spiro atoms. The minimum Gasteiger partial charge on any atom is -0.455 e. The second kappa shape index (κ2) is 7.54. The number of carbonyl (C=O) groups is 2. The van der Waals surface area contributed by atoms with Crippen LogP contribution in [0.3, 0.4) is 0 Å². The van der Waals surface area contributed by atoms with Crippen LogP contribution in [0.2, 0.25) is 10.0 Å². The van der Waals surface area contributed by atoms with Crippen molar-refractivity contribution in [3.05, 3.63) is 68.2 Å². The predicted molar refractivity (Wildman–Crippen MR) is 100 cm³/mol. The van der Waals surface area contributed by atoms with Gasteiger partial charge in [-0.15, -0.1) is 0 Å². The number of halogens is 2. The first-order valence-electron chi connectivity index (χ1n) is 7.99. The fraction of sp³-hybridized carbons (Fsp3) is 0.222. The molecule has 0 bridgehead atoms. The van der Waals surface area contributed by atoms with Crippen LogP contribution in [0.4, 0.5) is 11.4 Å². The van der Waals surface area contributed by atoms with Crippen LogP contribution >= 0.6 is 23.2 Å². The second-order valence-corrected chi connectivity index (χ2v) is 6.98. The molecule has 0 aliphatic heterocycles. The summed E-state index contributed by atoms with van der Waals surface area (Å²) >= 11 is 11.8. The van der Waals surface area contributed by atoms with E-state index < -0.39 is 28.8 Å². The maximum atomic E-state index is 12.4. The third kappa shape index (κ3) is 4.20. The van der Waals surface area contributed by atoms with E-state index in [1.807, 2.05) is 0 Å². The SMILES string of the molecule is O=C(COC(=O)C1(c2ccc(Cl)cc2)CC1)Nc1ccc([N+](=O)[O-])cc1Cl. The number of rotatable bonds is 6. The Kier molecular flexibility index (Phi) is 5.34. The Morgan fingerprint density at radius 3 is 2.37 bits per heavy atom. The number of non-ortho nitro benzene ring substituents is 1. The third-order valence-corrected chi connectivity index (χ3v) is 4.87. The number of amides is 1. The molecule has 9 heteroatoms. The maximum Gasteiger partial charge on any atom is 0.317 e. The van der Waals surface area contributed by atoms with Crippen LogP contribution in [0.5, 0.6) is 0 Å². The first-order chi connectivity index (χ1) is 12.8. The molecule has 1 amide bonds. The summed E-state index contributed by atoms with van der Waals surface area (Å²) in [6.45, 7) is -0.485. The van der Waals surface area contributed by atoms with E-state index >= 15 is 0 Å². The van der Waals surface area contributed by atoms with Crippen LogP contribution in [0.25, 0.3) is 0 Å². The monoisotopic (exact) mass is 408 g/mol. The van der Waals surface area contributed by atoms with Gasteiger partial charge < -0.3 is 10.1 Å². The average molecular weight is 409 g/mol. The predicted octanol–water partition coefficient (Wildman–Crippen LogP) is 4.12. The fourth-order valence-corrected chi connectivity index (χ4v) is 3.03. The van der Waals surface area contributed by atoms with Gasteiger partial charge in [-0.3, -0.25) is 19.7 Å². The Bertz CT molecular complexity index is 910. The van der Waals surface area contributed by atoms with Gasteiger partial charge in [0.1, 0.15) is 0 Å². The zero-order chi connectivity index (χ0) is 19.6. The van der Waals surface area contributed by atoms with Crippen molar-refractivity contribution in [2.24, 2.45) is 0 Å². The Balaban J connectivity index is 1.58. The molecule has 140 valence electrons. The Labute approximate surface area is 164 Å². The fourth-order valence-electron chi connectivity index (χ4n) is 2.68. The van der Waals surface area contributed by atoms with Crippen LogP contribution in [0.1, 0.15) is 18.4 Å². The van der Waals surface area contributed by atoms with E-state index in [0.29, 0.717) is 17.9 Å². The lowest BCUT2D eigenvalue weighted by molar-refractivity contribution is -0.384. The molecule has 1 aliphatic carbocycles. The summed E-state index contributed by atoms with van der Waals surface area (Å²) in [7, 11) is 0. The van der Waals surface area contributed by atoms with E-state index in [1.165, 1.54) is 12.1 Å². The molecule has 1 fully saturated rings. The summed E-state index contributed by atoms with van der Waals surface area (Å²) in [6.07, 6.45) is 1.28. The van der Waals surface area contributed by atoms with Gasteiger partial charge in [-0.2, -0.15) is 0 Å². The molecule has 2 aromatic rings. The quantitative estimate of drug-likeness (QED) is 0.440. The number of nitrogens with one attached hydrogen (secondary N) is 1. The highest BCUT2D eigenvalue weighted by molar-refractivity contribution is 6.34. The Morgan fingerprint density at radius 1 is 1.15 bits per heavy atom. The highest BCUT2D eigenvalue weighted by atomic mass is 35.5. The molecular formula is C18H14Cl2N2O5. The Hall–Kier alpha value is -2.64. The summed E-state index contributed by atoms with van der Waals surface area (Å²) in [5.41, 5.74) is 0.0801. The molecule has 0 saturated heterocycles. The van der Waals surface area contributed by atoms with Crippen LogP contribution in [0, 0.1) is 10.1 Å². The average Bonchev–Trinajstić information content (AvgIpc) is 3.44. The maximum absolute atomic E-state index is 12.4. The summed E-state index contributed by atoms with van der Waals surface area (Å²) < 4.78 is 5.15. The molecule has 27 heavy (non-hydrogen) atoms. The first-order valence-corrected chi connectivity index (χ1v) is 8.74. The normalized spacial score (nSPS) is 14.3. The van der Waals surface area contributed by atoms with E-state index in [-0.39, 0.29) is 16.4 Å². The van der Waals surface area contributed by atoms with Crippen LogP contribution in [-0.2, 0) is 19.7 Å². The smallest absolute Gasteiger partial charge is 0.317 e. The molecule has 0 aromatic heterocycles. The van der Waals surface area contributed by atoms with Gasteiger partial charge in [0, 0.05) is 17.2 Å². The van der Waals surface area contributed by atoms with Crippen molar-refractivity contribution in [1.29, 1.82) is 0 Å². The number of hydrogen-bond donors (Lipinski definition) is 1. The van der Waals surface area contributed by atoms with Crippen molar-refractivity contribution in [2.75, 3.05) is 11.9 Å². The van der Waals surface area contributed by atoms with Crippen molar-refractivity contribution >= 4 is 46.5 Å². The Morgan fingerprint density at radius 2 is 1.81 bits per heavy atom. The number of nitro groups is 1. The summed E-state index contributed by atoms with van der Waals surface area (Å²) in [6, 6.07) is 10.6. The lowest BCUT2D eigenvalue weighted by Gasteiger charge is -2.15. The number of benzene rings is 2. The van der Waals surface area contributed by atoms with Crippen LogP contribution in [0.15, 0.2) is 42.5 Å². The van der Waals surface area contributed by atoms with Crippen molar-refractivity contribution in [3.8, 4) is 0 Å². The number of ether oxygens (including phenoxy) is 1. The van der Waals surface area contributed by atoms with Gasteiger partial charge in [0.05, 0.1) is 21.0 Å². The molecule has 7 nitrogen and oxygen atoms in total. The summed E-state index contributed by atoms with van der Waals surface area (Å²) in [5.74, 6) is -1.07. The molecule has 0 heterocycles. The van der Waals surface area contributed by atoms with E-state index in [4.69, 9.17) is 27.9 Å². The zero-order valence-corrected chi connectivity index (χ0v) is 15.4. The highest BCUT2D eigenvalue weighted by Gasteiger charge is 2.52. The van der Waals surface area contributed by atoms with E-state index in [1.54, 1.807) is 24.3 Å². The molecule has 0 atom stereocenters. The molecule has 3 rings (SSSR count). The molecule has 2 aromatic carbocycles.